The third kappa shape index (κ3) is 4.15. The fourth-order valence-corrected chi connectivity index (χ4v) is 5.98. The Hall–Kier alpha value is -2.41. The Balaban J connectivity index is 1.51. The third-order valence-corrected chi connectivity index (χ3v) is 7.59. The summed E-state index contributed by atoms with van der Waals surface area (Å²) in [5.41, 5.74) is 3.04. The fourth-order valence-electron chi connectivity index (χ4n) is 3.36. The molecule has 4 rings (SSSR count). The number of fused-ring (bicyclic) bond motifs is 1. The number of nitriles is 1. The summed E-state index contributed by atoms with van der Waals surface area (Å²) in [7, 11) is 0. The number of aryl methyl sites for hydroxylation is 1. The summed E-state index contributed by atoms with van der Waals surface area (Å²) >= 11 is 4.49. The predicted octanol–water partition coefficient (Wildman–Crippen LogP) is 4.74. The number of hydrogen-bond donors (Lipinski definition) is 1. The number of rotatable bonds is 7. The smallest absolute Gasteiger partial charge is 0.235 e. The number of hydrogen-bond acceptors (Lipinski definition) is 7. The topological polar surface area (TPSA) is 83.6 Å². The molecule has 0 atom stereocenters. The van der Waals surface area contributed by atoms with E-state index in [1.807, 2.05) is 10.6 Å². The van der Waals surface area contributed by atoms with Gasteiger partial charge in [-0.05, 0) is 42.7 Å². The molecule has 0 saturated heterocycles. The largest absolute Gasteiger partial charge is 0.316 e. The van der Waals surface area contributed by atoms with Gasteiger partial charge in [0.15, 0.2) is 11.0 Å². The number of carbonyl (C=O) groups excluding carboxylic acids is 1. The first-order valence-electron chi connectivity index (χ1n) is 9.25. The highest BCUT2D eigenvalue weighted by atomic mass is 32.2. The maximum Gasteiger partial charge on any atom is 0.235 e. The highest BCUT2D eigenvalue weighted by Gasteiger charge is 2.22. The monoisotopic (exact) mass is 441 g/mol. The maximum atomic E-state index is 12.3. The number of allylic oxidation sites excluding steroid dienone is 1. The van der Waals surface area contributed by atoms with E-state index in [2.05, 4.69) is 33.5 Å². The molecule has 148 valence electrons. The number of thioether (sulfide) groups is 1. The molecule has 1 aliphatic carbocycles. The van der Waals surface area contributed by atoms with Gasteiger partial charge in [0, 0.05) is 22.4 Å². The molecule has 0 aromatic carbocycles. The number of carbonyl (C=O) groups is 1. The Morgan fingerprint density at radius 1 is 1.38 bits per heavy atom. The van der Waals surface area contributed by atoms with Crippen molar-refractivity contribution in [3.05, 3.63) is 45.5 Å². The van der Waals surface area contributed by atoms with Gasteiger partial charge >= 0.3 is 0 Å². The van der Waals surface area contributed by atoms with Gasteiger partial charge in [0.2, 0.25) is 5.91 Å². The Morgan fingerprint density at radius 2 is 2.24 bits per heavy atom. The lowest BCUT2D eigenvalue weighted by Crippen LogP contribution is -2.14. The van der Waals surface area contributed by atoms with Gasteiger partial charge in [-0.1, -0.05) is 17.8 Å². The standard InChI is InChI=1S/C20H19N5OS3/c1-2-8-25-18(15-11-28-16-6-4-3-5-14(15)16)23-24-20(25)29-12-17(26)22-19-13(10-21)7-9-27-19/h2,7,9,11H,1,3-6,8,12H2,(H,22,26). The summed E-state index contributed by atoms with van der Waals surface area (Å²) in [5.74, 6) is 0.869. The first-order valence-corrected chi connectivity index (χ1v) is 12.0. The first kappa shape index (κ1) is 19.9. The number of amides is 1. The third-order valence-electron chi connectivity index (χ3n) is 4.70. The number of aromatic nitrogens is 3. The van der Waals surface area contributed by atoms with Gasteiger partial charge in [-0.2, -0.15) is 5.26 Å². The van der Waals surface area contributed by atoms with Crippen LogP contribution in [0.5, 0.6) is 0 Å². The molecule has 3 aromatic rings. The van der Waals surface area contributed by atoms with Gasteiger partial charge in [-0.3, -0.25) is 9.36 Å². The highest BCUT2D eigenvalue weighted by Crippen LogP contribution is 2.36. The van der Waals surface area contributed by atoms with Gasteiger partial charge in [-0.25, -0.2) is 0 Å². The van der Waals surface area contributed by atoms with Crippen molar-refractivity contribution < 1.29 is 4.79 Å². The number of thiophene rings is 2. The molecule has 0 saturated carbocycles. The molecule has 0 fully saturated rings. The van der Waals surface area contributed by atoms with Crippen molar-refractivity contribution in [2.45, 2.75) is 37.4 Å². The second-order valence-corrected chi connectivity index (χ2v) is 9.40. The lowest BCUT2D eigenvalue weighted by molar-refractivity contribution is -0.113. The Kier molecular flexibility index (Phi) is 6.13. The zero-order valence-corrected chi connectivity index (χ0v) is 18.1. The van der Waals surface area contributed by atoms with E-state index in [0.29, 0.717) is 22.3 Å². The summed E-state index contributed by atoms with van der Waals surface area (Å²) < 4.78 is 2.02. The molecule has 1 aliphatic rings. The van der Waals surface area contributed by atoms with Crippen LogP contribution in [0.3, 0.4) is 0 Å². The Labute approximate surface area is 181 Å². The van der Waals surface area contributed by atoms with E-state index in [9.17, 15) is 4.79 Å². The number of nitrogens with one attached hydrogen (secondary N) is 1. The highest BCUT2D eigenvalue weighted by molar-refractivity contribution is 7.99. The minimum atomic E-state index is -0.170. The van der Waals surface area contributed by atoms with Crippen LogP contribution in [0.2, 0.25) is 0 Å². The SMILES string of the molecule is C=CCn1c(SCC(=O)Nc2sccc2C#N)nnc1-c1csc2c1CCCC2. The van der Waals surface area contributed by atoms with Crippen molar-refractivity contribution in [1.29, 1.82) is 5.26 Å². The summed E-state index contributed by atoms with van der Waals surface area (Å²) in [6.45, 7) is 4.44. The van der Waals surface area contributed by atoms with E-state index in [4.69, 9.17) is 5.26 Å². The predicted molar refractivity (Wildman–Crippen MR) is 119 cm³/mol. The number of anilines is 1. The minimum absolute atomic E-state index is 0.170. The van der Waals surface area contributed by atoms with Crippen LogP contribution >= 0.6 is 34.4 Å². The van der Waals surface area contributed by atoms with Crippen molar-refractivity contribution in [3.8, 4) is 17.5 Å². The van der Waals surface area contributed by atoms with Crippen LogP contribution in [-0.2, 0) is 24.2 Å². The molecule has 9 heteroatoms. The normalized spacial score (nSPS) is 12.9. The quantitative estimate of drug-likeness (QED) is 0.423. The molecule has 6 nitrogen and oxygen atoms in total. The van der Waals surface area contributed by atoms with Crippen LogP contribution in [0, 0.1) is 11.3 Å². The van der Waals surface area contributed by atoms with Crippen LogP contribution in [-0.4, -0.2) is 26.4 Å². The molecular weight excluding hydrogens is 422 g/mol. The lowest BCUT2D eigenvalue weighted by atomic mass is 9.95. The first-order chi connectivity index (χ1) is 14.2. The van der Waals surface area contributed by atoms with Crippen LogP contribution in [0.4, 0.5) is 5.00 Å². The second kappa shape index (κ2) is 8.95. The molecule has 3 heterocycles. The van der Waals surface area contributed by atoms with Gasteiger partial charge < -0.3 is 5.32 Å². The van der Waals surface area contributed by atoms with Crippen LogP contribution in [0.1, 0.15) is 28.8 Å². The van der Waals surface area contributed by atoms with Crippen molar-refractivity contribution in [3.63, 3.8) is 0 Å². The molecule has 0 spiro atoms. The van der Waals surface area contributed by atoms with Gasteiger partial charge in [0.05, 0.1) is 11.3 Å². The van der Waals surface area contributed by atoms with Gasteiger partial charge in [0.1, 0.15) is 11.1 Å². The average molecular weight is 442 g/mol. The minimum Gasteiger partial charge on any atom is -0.316 e. The molecule has 0 radical (unpaired) electrons. The zero-order chi connectivity index (χ0) is 20.2. The molecule has 0 aliphatic heterocycles. The van der Waals surface area contributed by atoms with Crippen molar-refractivity contribution in [2.75, 3.05) is 11.1 Å². The Bertz CT molecular complexity index is 1090. The van der Waals surface area contributed by atoms with Crippen molar-refractivity contribution in [2.24, 2.45) is 0 Å². The van der Waals surface area contributed by atoms with E-state index >= 15 is 0 Å². The molecule has 1 amide bonds. The molecule has 0 bridgehead atoms. The molecular formula is C20H19N5OS3. The average Bonchev–Trinajstić information content (AvgIpc) is 3.45. The van der Waals surface area contributed by atoms with E-state index in [-0.39, 0.29) is 11.7 Å². The lowest BCUT2D eigenvalue weighted by Gasteiger charge is -2.13. The number of nitrogens with zero attached hydrogens (tertiary/aromatic N) is 4. The van der Waals surface area contributed by atoms with Crippen LogP contribution in [0.25, 0.3) is 11.4 Å². The summed E-state index contributed by atoms with van der Waals surface area (Å²) in [6, 6.07) is 3.77. The van der Waals surface area contributed by atoms with Crippen LogP contribution in [0.15, 0.2) is 34.6 Å². The van der Waals surface area contributed by atoms with Gasteiger partial charge in [0.25, 0.3) is 0 Å². The molecule has 29 heavy (non-hydrogen) atoms. The summed E-state index contributed by atoms with van der Waals surface area (Å²) in [4.78, 5) is 13.8. The van der Waals surface area contributed by atoms with E-state index in [1.165, 1.54) is 46.4 Å². The van der Waals surface area contributed by atoms with Gasteiger partial charge in [-0.15, -0.1) is 39.4 Å². The summed E-state index contributed by atoms with van der Waals surface area (Å²) in [5, 5.41) is 25.9. The van der Waals surface area contributed by atoms with Crippen molar-refractivity contribution >= 4 is 45.3 Å². The van der Waals surface area contributed by atoms with Crippen LogP contribution < -0.4 is 5.32 Å². The van der Waals surface area contributed by atoms with E-state index in [0.717, 1.165) is 24.2 Å². The van der Waals surface area contributed by atoms with Crippen molar-refractivity contribution in [1.82, 2.24) is 14.8 Å². The van der Waals surface area contributed by atoms with E-state index < -0.39 is 0 Å². The molecule has 1 N–H and O–H groups in total. The van der Waals surface area contributed by atoms with E-state index in [1.54, 1.807) is 22.8 Å². The molecule has 0 unspecified atom stereocenters. The maximum absolute atomic E-state index is 12.3. The summed E-state index contributed by atoms with van der Waals surface area (Å²) in [6.07, 6.45) is 6.51. The molecule has 3 aromatic heterocycles. The zero-order valence-electron chi connectivity index (χ0n) is 15.7. The second-order valence-electron chi connectivity index (χ2n) is 6.58. The Morgan fingerprint density at radius 3 is 3.07 bits per heavy atom. The fraction of sp³-hybridized carbons (Fsp3) is 0.300.